The van der Waals surface area contributed by atoms with E-state index in [1.165, 1.54) is 50.6 Å². The number of alkyl halides is 6. The first-order valence-corrected chi connectivity index (χ1v) is 10.2. The van der Waals surface area contributed by atoms with Gasteiger partial charge in [0.1, 0.15) is 11.5 Å². The number of hydrogen-bond donors (Lipinski definition) is 0. The predicted octanol–water partition coefficient (Wildman–Crippen LogP) is 8.00. The van der Waals surface area contributed by atoms with Crippen LogP contribution in [0.3, 0.4) is 0 Å². The van der Waals surface area contributed by atoms with E-state index in [2.05, 4.69) is 31.9 Å². The Morgan fingerprint density at radius 1 is 0.700 bits per heavy atom. The molecule has 0 aliphatic heterocycles. The molecule has 0 saturated heterocycles. The normalized spacial score (nSPS) is 14.3. The second-order valence-electron chi connectivity index (χ2n) is 6.64. The van der Waals surface area contributed by atoms with Gasteiger partial charge in [0.05, 0.1) is 36.0 Å². The van der Waals surface area contributed by atoms with E-state index in [0.29, 0.717) is 20.4 Å². The number of hydrogen-bond acceptors (Lipinski definition) is 2. The van der Waals surface area contributed by atoms with Gasteiger partial charge in [-0.05, 0) is 79.1 Å². The fraction of sp³-hybridized carbons (Fsp3) is 0.400. The molecule has 10 heteroatoms. The molecular weight excluding hydrogens is 546 g/mol. The highest BCUT2D eigenvalue weighted by molar-refractivity contribution is 9.10. The van der Waals surface area contributed by atoms with Crippen LogP contribution in [0.4, 0.5) is 26.3 Å². The molecule has 30 heavy (non-hydrogen) atoms. The fourth-order valence-electron chi connectivity index (χ4n) is 3.31. The summed E-state index contributed by atoms with van der Waals surface area (Å²) in [5, 5.41) is 0. The molecule has 0 bridgehead atoms. The number of methoxy groups -OCH3 is 2. The van der Waals surface area contributed by atoms with Gasteiger partial charge in [0.25, 0.3) is 0 Å². The zero-order valence-electron chi connectivity index (χ0n) is 15.9. The first-order chi connectivity index (χ1) is 13.8. The molecule has 0 aromatic heterocycles. The van der Waals surface area contributed by atoms with Crippen molar-refractivity contribution in [2.24, 2.45) is 0 Å². The van der Waals surface area contributed by atoms with Crippen molar-refractivity contribution < 1.29 is 35.8 Å². The molecule has 2 rings (SSSR count). The summed E-state index contributed by atoms with van der Waals surface area (Å²) in [4.78, 5) is 0. The molecular formula is C20H18Br2F6O2. The Morgan fingerprint density at radius 3 is 1.27 bits per heavy atom. The molecule has 0 N–H and O–H groups in total. The Kier molecular flexibility index (Phi) is 8.12. The Morgan fingerprint density at radius 2 is 1.03 bits per heavy atom. The lowest BCUT2D eigenvalue weighted by Crippen LogP contribution is -2.24. The maximum absolute atomic E-state index is 13.4. The third kappa shape index (κ3) is 6.80. The van der Waals surface area contributed by atoms with Crippen molar-refractivity contribution in [1.82, 2.24) is 0 Å². The van der Waals surface area contributed by atoms with Crippen LogP contribution in [-0.2, 0) is 0 Å². The van der Waals surface area contributed by atoms with Gasteiger partial charge in [-0.1, -0.05) is 12.1 Å². The van der Waals surface area contributed by atoms with Gasteiger partial charge >= 0.3 is 12.4 Å². The molecule has 0 aliphatic carbocycles. The van der Waals surface area contributed by atoms with Gasteiger partial charge in [-0.15, -0.1) is 0 Å². The molecule has 0 radical (unpaired) electrons. The van der Waals surface area contributed by atoms with Gasteiger partial charge in [-0.3, -0.25) is 0 Å². The van der Waals surface area contributed by atoms with Crippen molar-refractivity contribution >= 4 is 31.9 Å². The first kappa shape index (κ1) is 24.8. The van der Waals surface area contributed by atoms with E-state index in [1.54, 1.807) is 0 Å². The molecule has 2 atom stereocenters. The van der Waals surface area contributed by atoms with Crippen LogP contribution in [0.2, 0.25) is 0 Å². The minimum absolute atomic E-state index is 0.126. The lowest BCUT2D eigenvalue weighted by atomic mass is 9.77. The summed E-state index contributed by atoms with van der Waals surface area (Å²) >= 11 is 6.40. The van der Waals surface area contributed by atoms with Crippen LogP contribution in [0, 0.1) is 0 Å². The van der Waals surface area contributed by atoms with Crippen LogP contribution >= 0.6 is 31.9 Å². The highest BCUT2D eigenvalue weighted by Gasteiger charge is 2.42. The van der Waals surface area contributed by atoms with Crippen LogP contribution in [0.1, 0.15) is 35.8 Å². The minimum Gasteiger partial charge on any atom is -0.496 e. The summed E-state index contributed by atoms with van der Waals surface area (Å²) in [7, 11) is 2.77. The maximum atomic E-state index is 13.4. The topological polar surface area (TPSA) is 18.5 Å². The first-order valence-electron chi connectivity index (χ1n) is 8.65. The molecule has 2 aromatic rings. The van der Waals surface area contributed by atoms with E-state index in [0.717, 1.165) is 0 Å². The summed E-state index contributed by atoms with van der Waals surface area (Å²) in [6.07, 6.45) is -12.1. The van der Waals surface area contributed by atoms with E-state index < -0.39 is 37.0 Å². The smallest absolute Gasteiger partial charge is 0.389 e. The van der Waals surface area contributed by atoms with E-state index in [1.807, 2.05) is 0 Å². The van der Waals surface area contributed by atoms with Crippen LogP contribution < -0.4 is 9.47 Å². The van der Waals surface area contributed by atoms with Gasteiger partial charge in [0.2, 0.25) is 0 Å². The summed E-state index contributed by atoms with van der Waals surface area (Å²) in [6, 6.07) is 8.33. The van der Waals surface area contributed by atoms with E-state index in [-0.39, 0.29) is 11.1 Å². The van der Waals surface area contributed by atoms with Crippen molar-refractivity contribution in [3.63, 3.8) is 0 Å². The van der Waals surface area contributed by atoms with Crippen molar-refractivity contribution in [3.05, 3.63) is 56.5 Å². The van der Waals surface area contributed by atoms with Crippen molar-refractivity contribution in [2.75, 3.05) is 14.2 Å². The average molecular weight is 564 g/mol. The third-order valence-electron chi connectivity index (χ3n) is 4.60. The summed E-state index contributed by atoms with van der Waals surface area (Å²) < 4.78 is 91.3. The summed E-state index contributed by atoms with van der Waals surface area (Å²) in [6.45, 7) is 0. The monoisotopic (exact) mass is 562 g/mol. The van der Waals surface area contributed by atoms with Gasteiger partial charge in [0.15, 0.2) is 0 Å². The fourth-order valence-corrected chi connectivity index (χ4v) is 4.43. The Hall–Kier alpha value is -1.42. The standard InChI is InChI=1S/C20H18Br2F6O2/c1-29-17-5-3-11(7-15(17)21)13(9-19(23,24)25)14(10-20(26,27)28)12-4-6-18(30-2)16(22)8-12/h3-8,13-14H,9-10H2,1-2H3. The summed E-state index contributed by atoms with van der Waals surface area (Å²) in [5.41, 5.74) is 0.252. The maximum Gasteiger partial charge on any atom is 0.389 e. The van der Waals surface area contributed by atoms with Crippen LogP contribution in [0.25, 0.3) is 0 Å². The third-order valence-corrected chi connectivity index (χ3v) is 5.84. The Balaban J connectivity index is 2.62. The van der Waals surface area contributed by atoms with E-state index >= 15 is 0 Å². The minimum atomic E-state index is -4.66. The zero-order valence-corrected chi connectivity index (χ0v) is 19.0. The zero-order chi connectivity index (χ0) is 22.7. The van der Waals surface area contributed by atoms with Gasteiger partial charge in [-0.25, -0.2) is 0 Å². The molecule has 0 saturated carbocycles. The highest BCUT2D eigenvalue weighted by Crippen LogP contribution is 2.48. The lowest BCUT2D eigenvalue weighted by Gasteiger charge is -2.30. The second kappa shape index (κ2) is 9.80. The van der Waals surface area contributed by atoms with E-state index in [9.17, 15) is 26.3 Å². The van der Waals surface area contributed by atoms with Crippen LogP contribution in [-0.4, -0.2) is 26.6 Å². The molecule has 0 fully saturated rings. The molecule has 166 valence electrons. The molecule has 0 amide bonds. The van der Waals surface area contributed by atoms with E-state index in [4.69, 9.17) is 9.47 Å². The highest BCUT2D eigenvalue weighted by atomic mass is 79.9. The SMILES string of the molecule is COc1ccc(C(CC(F)(F)F)C(CC(F)(F)F)c2ccc(OC)c(Br)c2)cc1Br. The van der Waals surface area contributed by atoms with Gasteiger partial charge < -0.3 is 9.47 Å². The number of rotatable bonds is 7. The molecule has 2 aromatic carbocycles. The molecule has 0 heterocycles. The van der Waals surface area contributed by atoms with Gasteiger partial charge in [-0.2, -0.15) is 26.3 Å². The largest absolute Gasteiger partial charge is 0.496 e. The van der Waals surface area contributed by atoms with Crippen LogP contribution in [0.5, 0.6) is 11.5 Å². The second-order valence-corrected chi connectivity index (χ2v) is 8.35. The molecule has 0 aliphatic rings. The van der Waals surface area contributed by atoms with Crippen LogP contribution in [0.15, 0.2) is 45.3 Å². The molecule has 2 nitrogen and oxygen atoms in total. The van der Waals surface area contributed by atoms with Crippen molar-refractivity contribution in [2.45, 2.75) is 37.0 Å². The number of ether oxygens (including phenoxy) is 2. The quantitative estimate of drug-likeness (QED) is 0.318. The lowest BCUT2D eigenvalue weighted by molar-refractivity contribution is -0.154. The number of benzene rings is 2. The molecule has 0 spiro atoms. The number of halogens is 8. The Labute approximate surface area is 186 Å². The van der Waals surface area contributed by atoms with Gasteiger partial charge in [0, 0.05) is 0 Å². The Bertz CT molecular complexity index is 796. The molecule has 2 unspecified atom stereocenters. The van der Waals surface area contributed by atoms with Crippen molar-refractivity contribution in [1.29, 1.82) is 0 Å². The predicted molar refractivity (Wildman–Crippen MR) is 108 cm³/mol. The summed E-state index contributed by atoms with van der Waals surface area (Å²) in [5.74, 6) is -2.20. The van der Waals surface area contributed by atoms with Crippen molar-refractivity contribution in [3.8, 4) is 11.5 Å². The average Bonchev–Trinajstić information content (AvgIpc) is 2.63.